The lowest BCUT2D eigenvalue weighted by Gasteiger charge is -2.16. The molecular formula is C14H10N2O4. The monoisotopic (exact) mass is 270 g/mol. The molecule has 0 spiro atoms. The molecule has 2 N–H and O–H groups in total. The van der Waals surface area contributed by atoms with Crippen molar-refractivity contribution in [2.75, 3.05) is 0 Å². The van der Waals surface area contributed by atoms with Gasteiger partial charge >= 0.3 is 17.7 Å². The van der Waals surface area contributed by atoms with E-state index >= 15 is 0 Å². The highest BCUT2D eigenvalue weighted by atomic mass is 16.4. The minimum atomic E-state index is -1.50. The van der Waals surface area contributed by atoms with E-state index in [1.165, 1.54) is 12.2 Å². The van der Waals surface area contributed by atoms with E-state index in [1.807, 2.05) is 0 Å². The van der Waals surface area contributed by atoms with Crippen molar-refractivity contribution in [2.45, 2.75) is 0 Å². The molecule has 1 unspecified atom stereocenters. The van der Waals surface area contributed by atoms with Crippen LogP contribution in [0.1, 0.15) is 5.56 Å². The molecule has 0 radical (unpaired) electrons. The van der Waals surface area contributed by atoms with Crippen LogP contribution in [0.3, 0.4) is 0 Å². The number of aliphatic carboxylic acids is 2. The Morgan fingerprint density at radius 2 is 1.75 bits per heavy atom. The van der Waals surface area contributed by atoms with Gasteiger partial charge in [0.1, 0.15) is 0 Å². The van der Waals surface area contributed by atoms with E-state index in [9.17, 15) is 19.8 Å². The van der Waals surface area contributed by atoms with Gasteiger partial charge in [0.2, 0.25) is 0 Å². The lowest BCUT2D eigenvalue weighted by Crippen LogP contribution is -2.31. The Balaban J connectivity index is 2.71. The summed E-state index contributed by atoms with van der Waals surface area (Å²) in [7, 11) is 0. The third-order valence-electron chi connectivity index (χ3n) is 2.97. The molecule has 0 aromatic heterocycles. The molecule has 0 heterocycles. The first-order chi connectivity index (χ1) is 9.56. The second kappa shape index (κ2) is 5.34. The molecular weight excluding hydrogens is 260 g/mol. The summed E-state index contributed by atoms with van der Waals surface area (Å²) in [5.41, 5.74) is 9.17. The molecule has 0 aliphatic heterocycles. The summed E-state index contributed by atoms with van der Waals surface area (Å²) in [4.78, 5) is 25.6. The molecule has 1 atom stereocenters. The van der Waals surface area contributed by atoms with Crippen molar-refractivity contribution in [2.24, 2.45) is 5.92 Å². The zero-order chi connectivity index (χ0) is 14.7. The van der Waals surface area contributed by atoms with Crippen LogP contribution in [-0.2, 0) is 9.59 Å². The molecule has 1 aromatic carbocycles. The maximum Gasteiger partial charge on any atom is 0.333 e. The Kier molecular flexibility index (Phi) is 3.59. The molecule has 0 amide bonds. The lowest BCUT2D eigenvalue weighted by molar-refractivity contribution is -0.142. The summed E-state index contributed by atoms with van der Waals surface area (Å²) in [5.74, 6) is -4.24. The van der Waals surface area contributed by atoms with E-state index < -0.39 is 17.9 Å². The van der Waals surface area contributed by atoms with Gasteiger partial charge in [-0.1, -0.05) is 30.3 Å². The second-order valence-corrected chi connectivity index (χ2v) is 4.13. The van der Waals surface area contributed by atoms with Crippen molar-refractivity contribution in [3.05, 3.63) is 59.2 Å². The van der Waals surface area contributed by atoms with Gasteiger partial charge in [-0.3, -0.25) is 4.79 Å². The van der Waals surface area contributed by atoms with Gasteiger partial charge in [-0.25, -0.2) is 4.79 Å². The largest absolute Gasteiger partial charge is 0.480 e. The van der Waals surface area contributed by atoms with Crippen molar-refractivity contribution in [1.82, 2.24) is 0 Å². The van der Waals surface area contributed by atoms with Crippen molar-refractivity contribution in [3.8, 4) is 0 Å². The van der Waals surface area contributed by atoms with E-state index in [-0.39, 0.29) is 16.9 Å². The number of carbonyl (C=O) groups is 2. The van der Waals surface area contributed by atoms with Crippen LogP contribution in [0.25, 0.3) is 11.1 Å². The van der Waals surface area contributed by atoms with Gasteiger partial charge in [-0.15, -0.1) is 0 Å². The van der Waals surface area contributed by atoms with Crippen LogP contribution < -0.4 is 0 Å². The number of hydrogen-bond donors (Lipinski definition) is 2. The SMILES string of the molecule is [N-]=[N+]=C1C=CC(c2ccccc2)=C(C(=O)O)C1C(=O)O. The molecule has 6 nitrogen and oxygen atoms in total. The summed E-state index contributed by atoms with van der Waals surface area (Å²) in [6.07, 6.45) is 2.74. The van der Waals surface area contributed by atoms with E-state index in [1.54, 1.807) is 30.3 Å². The molecule has 0 fully saturated rings. The number of benzene rings is 1. The fourth-order valence-electron chi connectivity index (χ4n) is 2.11. The minimum absolute atomic E-state index is 0.213. The standard InChI is InChI=1S/C14H10N2O4/c15-16-10-7-6-9(8-4-2-1-3-5-8)11(13(17)18)12(10)14(19)20/h1-7,12H,(H,17,18)(H,19,20). The quantitative estimate of drug-likeness (QED) is 0.639. The zero-order valence-corrected chi connectivity index (χ0v) is 10.2. The fourth-order valence-corrected chi connectivity index (χ4v) is 2.11. The van der Waals surface area contributed by atoms with Crippen molar-refractivity contribution < 1.29 is 24.6 Å². The highest BCUT2D eigenvalue weighted by Gasteiger charge is 2.40. The first kappa shape index (κ1) is 13.5. The molecule has 100 valence electrons. The zero-order valence-electron chi connectivity index (χ0n) is 10.2. The molecule has 1 aliphatic carbocycles. The van der Waals surface area contributed by atoms with Gasteiger partial charge in [0.05, 0.1) is 5.57 Å². The summed E-state index contributed by atoms with van der Waals surface area (Å²) < 4.78 is 0. The molecule has 1 aliphatic rings. The third kappa shape index (κ3) is 2.28. The third-order valence-corrected chi connectivity index (χ3v) is 2.97. The molecule has 0 saturated carbocycles. The van der Waals surface area contributed by atoms with Crippen LogP contribution in [0.2, 0.25) is 0 Å². The summed E-state index contributed by atoms with van der Waals surface area (Å²) in [5, 5.41) is 18.5. The average molecular weight is 270 g/mol. The Labute approximate surface area is 113 Å². The summed E-state index contributed by atoms with van der Waals surface area (Å²) in [6.45, 7) is 0. The van der Waals surface area contributed by atoms with Gasteiger partial charge in [-0.2, -0.15) is 4.79 Å². The number of rotatable bonds is 3. The predicted octanol–water partition coefficient (Wildman–Crippen LogP) is 1.47. The first-order valence-corrected chi connectivity index (χ1v) is 5.72. The Morgan fingerprint density at radius 1 is 1.10 bits per heavy atom. The number of carboxylic acids is 2. The van der Waals surface area contributed by atoms with Crippen molar-refractivity contribution in [1.29, 1.82) is 0 Å². The van der Waals surface area contributed by atoms with Crippen LogP contribution in [0.5, 0.6) is 0 Å². The van der Waals surface area contributed by atoms with Gasteiger partial charge in [0.15, 0.2) is 5.92 Å². The number of allylic oxidation sites excluding steroid dienone is 3. The highest BCUT2D eigenvalue weighted by Crippen LogP contribution is 2.30. The second-order valence-electron chi connectivity index (χ2n) is 4.13. The maximum absolute atomic E-state index is 11.4. The van der Waals surface area contributed by atoms with Crippen molar-refractivity contribution >= 4 is 23.2 Å². The van der Waals surface area contributed by atoms with E-state index in [4.69, 9.17) is 5.53 Å². The van der Waals surface area contributed by atoms with Gasteiger partial charge < -0.3 is 15.7 Å². The fraction of sp³-hybridized carbons (Fsp3) is 0.0714. The van der Waals surface area contributed by atoms with Crippen LogP contribution in [0, 0.1) is 5.92 Å². The average Bonchev–Trinajstić information content (AvgIpc) is 2.46. The Bertz CT molecular complexity index is 682. The van der Waals surface area contributed by atoms with Crippen molar-refractivity contribution in [3.63, 3.8) is 0 Å². The van der Waals surface area contributed by atoms with E-state index in [0.717, 1.165) is 0 Å². The summed E-state index contributed by atoms with van der Waals surface area (Å²) >= 11 is 0. The van der Waals surface area contributed by atoms with Gasteiger partial charge in [0.25, 0.3) is 0 Å². The summed E-state index contributed by atoms with van der Waals surface area (Å²) in [6, 6.07) is 8.58. The number of carboxylic acid groups (broad SMARTS) is 2. The molecule has 20 heavy (non-hydrogen) atoms. The van der Waals surface area contributed by atoms with Crippen LogP contribution in [0.15, 0.2) is 48.1 Å². The van der Waals surface area contributed by atoms with Crippen LogP contribution >= 0.6 is 0 Å². The molecule has 0 bridgehead atoms. The number of nitrogens with zero attached hydrogens (tertiary/aromatic N) is 2. The first-order valence-electron chi connectivity index (χ1n) is 5.72. The Morgan fingerprint density at radius 3 is 2.25 bits per heavy atom. The lowest BCUT2D eigenvalue weighted by atomic mass is 9.83. The molecule has 1 aromatic rings. The van der Waals surface area contributed by atoms with Crippen LogP contribution in [0.4, 0.5) is 0 Å². The van der Waals surface area contributed by atoms with Gasteiger partial charge in [-0.05, 0) is 17.2 Å². The minimum Gasteiger partial charge on any atom is -0.480 e. The molecule has 2 rings (SSSR count). The van der Waals surface area contributed by atoms with Gasteiger partial charge in [0, 0.05) is 6.08 Å². The topological polar surface area (TPSA) is 111 Å². The highest BCUT2D eigenvalue weighted by molar-refractivity contribution is 6.19. The molecule has 6 heteroatoms. The Hall–Kier alpha value is -2.98. The predicted molar refractivity (Wildman–Crippen MR) is 69.9 cm³/mol. The molecule has 0 saturated heterocycles. The smallest absolute Gasteiger partial charge is 0.333 e. The maximum atomic E-state index is 11.4. The van der Waals surface area contributed by atoms with E-state index in [2.05, 4.69) is 4.79 Å². The normalized spacial score (nSPS) is 17.8. The van der Waals surface area contributed by atoms with E-state index in [0.29, 0.717) is 5.56 Å². The van der Waals surface area contributed by atoms with Crippen LogP contribution in [-0.4, -0.2) is 32.7 Å². The number of hydrogen-bond acceptors (Lipinski definition) is 2.